The predicted octanol–water partition coefficient (Wildman–Crippen LogP) is 2.72. The standard InChI is InChI=1S/C19H19N3O4/c1-11-6-17(26-21-11)14-8-15(14)18-16(19(24)25-2)9-20-22(18)13-5-3-4-12(7-13)10-23/h3-7,9,14-15,23H,8,10H2,1-2H3/t14-,15-/m1/s1. The van der Waals surface area contributed by atoms with E-state index < -0.39 is 5.97 Å². The van der Waals surface area contributed by atoms with Crippen LogP contribution in [0.3, 0.4) is 0 Å². The number of hydrogen-bond donors (Lipinski definition) is 1. The molecular weight excluding hydrogens is 334 g/mol. The molecule has 7 heteroatoms. The van der Waals surface area contributed by atoms with Crippen LogP contribution in [0.4, 0.5) is 0 Å². The van der Waals surface area contributed by atoms with E-state index in [1.165, 1.54) is 13.3 Å². The maximum atomic E-state index is 12.2. The zero-order chi connectivity index (χ0) is 18.3. The van der Waals surface area contributed by atoms with Crippen molar-refractivity contribution in [3.63, 3.8) is 0 Å². The molecule has 4 rings (SSSR count). The number of carbonyl (C=O) groups is 1. The van der Waals surface area contributed by atoms with Crippen molar-refractivity contribution in [1.82, 2.24) is 14.9 Å². The molecule has 7 nitrogen and oxygen atoms in total. The van der Waals surface area contributed by atoms with Gasteiger partial charge in [-0.05, 0) is 31.0 Å². The highest BCUT2D eigenvalue weighted by molar-refractivity contribution is 5.91. The summed E-state index contributed by atoms with van der Waals surface area (Å²) in [5, 5.41) is 17.8. The molecule has 3 aromatic rings. The lowest BCUT2D eigenvalue weighted by Gasteiger charge is -2.10. The Morgan fingerprint density at radius 1 is 1.38 bits per heavy atom. The third-order valence-electron chi connectivity index (χ3n) is 4.70. The first-order valence-corrected chi connectivity index (χ1v) is 8.42. The normalized spacial score (nSPS) is 18.7. The molecule has 0 spiro atoms. The summed E-state index contributed by atoms with van der Waals surface area (Å²) in [6.45, 7) is 1.83. The van der Waals surface area contributed by atoms with Gasteiger partial charge in [0.1, 0.15) is 11.3 Å². The number of aromatic nitrogens is 3. The molecule has 134 valence electrons. The Kier molecular flexibility index (Phi) is 4.08. The Morgan fingerprint density at radius 2 is 2.23 bits per heavy atom. The number of nitrogens with zero attached hydrogens (tertiary/aromatic N) is 3. The van der Waals surface area contributed by atoms with Gasteiger partial charge in [-0.15, -0.1) is 0 Å². The van der Waals surface area contributed by atoms with E-state index in [0.717, 1.165) is 34.8 Å². The molecule has 2 atom stereocenters. The van der Waals surface area contributed by atoms with E-state index in [1.54, 1.807) is 4.68 Å². The summed E-state index contributed by atoms with van der Waals surface area (Å²) in [7, 11) is 1.36. The van der Waals surface area contributed by atoms with Crippen LogP contribution in [0, 0.1) is 6.92 Å². The second-order valence-corrected chi connectivity index (χ2v) is 6.49. The number of methoxy groups -OCH3 is 1. The summed E-state index contributed by atoms with van der Waals surface area (Å²) in [4.78, 5) is 12.2. The molecule has 0 saturated heterocycles. The highest BCUT2D eigenvalue weighted by atomic mass is 16.5. The number of aryl methyl sites for hydroxylation is 1. The fraction of sp³-hybridized carbons (Fsp3) is 0.316. The van der Waals surface area contributed by atoms with Crippen LogP contribution in [0.15, 0.2) is 41.1 Å². The molecule has 1 aromatic carbocycles. The van der Waals surface area contributed by atoms with Crippen LogP contribution in [0.2, 0.25) is 0 Å². The van der Waals surface area contributed by atoms with Gasteiger partial charge in [0, 0.05) is 17.9 Å². The van der Waals surface area contributed by atoms with E-state index in [2.05, 4.69) is 10.3 Å². The minimum Gasteiger partial charge on any atom is -0.465 e. The van der Waals surface area contributed by atoms with Crippen molar-refractivity contribution in [3.8, 4) is 5.69 Å². The van der Waals surface area contributed by atoms with Crippen molar-refractivity contribution in [2.45, 2.75) is 31.8 Å². The number of aliphatic hydroxyl groups excluding tert-OH is 1. The van der Waals surface area contributed by atoms with Crippen molar-refractivity contribution < 1.29 is 19.2 Å². The number of esters is 1. The quantitative estimate of drug-likeness (QED) is 0.709. The van der Waals surface area contributed by atoms with Gasteiger partial charge in [-0.2, -0.15) is 5.10 Å². The maximum absolute atomic E-state index is 12.2. The van der Waals surface area contributed by atoms with E-state index in [4.69, 9.17) is 9.26 Å². The number of carbonyl (C=O) groups excluding carboxylic acids is 1. The number of hydrogen-bond acceptors (Lipinski definition) is 6. The molecule has 1 aliphatic carbocycles. The molecule has 1 fully saturated rings. The van der Waals surface area contributed by atoms with Crippen LogP contribution >= 0.6 is 0 Å². The second kappa shape index (κ2) is 6.42. The van der Waals surface area contributed by atoms with Crippen molar-refractivity contribution >= 4 is 5.97 Å². The molecule has 1 saturated carbocycles. The van der Waals surface area contributed by atoms with Crippen LogP contribution in [0.1, 0.15) is 51.3 Å². The summed E-state index contributed by atoms with van der Waals surface area (Å²) < 4.78 is 12.1. The van der Waals surface area contributed by atoms with Gasteiger partial charge in [-0.1, -0.05) is 17.3 Å². The van der Waals surface area contributed by atoms with Gasteiger partial charge in [-0.25, -0.2) is 9.48 Å². The third-order valence-corrected chi connectivity index (χ3v) is 4.70. The fourth-order valence-electron chi connectivity index (χ4n) is 3.34. The SMILES string of the molecule is COC(=O)c1cnn(-c2cccc(CO)c2)c1[C@@H]1C[C@H]1c1cc(C)no1. The van der Waals surface area contributed by atoms with Gasteiger partial charge < -0.3 is 14.4 Å². The largest absolute Gasteiger partial charge is 0.465 e. The third kappa shape index (κ3) is 2.80. The van der Waals surface area contributed by atoms with Gasteiger partial charge in [0.2, 0.25) is 0 Å². The molecule has 0 radical (unpaired) electrons. The summed E-state index contributed by atoms with van der Waals surface area (Å²) >= 11 is 0. The maximum Gasteiger partial charge on any atom is 0.341 e. The average molecular weight is 353 g/mol. The van der Waals surface area contributed by atoms with Crippen LogP contribution in [-0.4, -0.2) is 33.1 Å². The van der Waals surface area contributed by atoms with E-state index >= 15 is 0 Å². The number of aliphatic hydroxyl groups is 1. The predicted molar refractivity (Wildman–Crippen MR) is 92.2 cm³/mol. The molecule has 0 amide bonds. The molecule has 0 bridgehead atoms. The Morgan fingerprint density at radius 3 is 2.92 bits per heavy atom. The number of benzene rings is 1. The zero-order valence-electron chi connectivity index (χ0n) is 14.5. The average Bonchev–Trinajstić information content (AvgIpc) is 3.12. The molecule has 0 unspecified atom stereocenters. The molecule has 2 heterocycles. The van der Waals surface area contributed by atoms with Crippen molar-refractivity contribution in [2.24, 2.45) is 0 Å². The second-order valence-electron chi connectivity index (χ2n) is 6.49. The molecule has 2 aromatic heterocycles. The summed E-state index contributed by atoms with van der Waals surface area (Å²) in [6.07, 6.45) is 2.39. The zero-order valence-corrected chi connectivity index (χ0v) is 14.5. The molecule has 0 aliphatic heterocycles. The van der Waals surface area contributed by atoms with Crippen LogP contribution in [0.25, 0.3) is 5.69 Å². The highest BCUT2D eigenvalue weighted by Gasteiger charge is 2.46. The van der Waals surface area contributed by atoms with E-state index in [1.807, 2.05) is 37.3 Å². The van der Waals surface area contributed by atoms with Gasteiger partial charge >= 0.3 is 5.97 Å². The van der Waals surface area contributed by atoms with Crippen LogP contribution < -0.4 is 0 Å². The summed E-state index contributed by atoms with van der Waals surface area (Å²) in [6, 6.07) is 9.37. The number of ether oxygens (including phenoxy) is 1. The van der Waals surface area contributed by atoms with Gasteiger partial charge in [-0.3, -0.25) is 0 Å². The minimum atomic E-state index is -0.413. The first kappa shape index (κ1) is 16.5. The smallest absolute Gasteiger partial charge is 0.341 e. The van der Waals surface area contributed by atoms with Gasteiger partial charge in [0.25, 0.3) is 0 Å². The Hall–Kier alpha value is -2.93. The minimum absolute atomic E-state index is 0.0578. The van der Waals surface area contributed by atoms with Crippen LogP contribution in [0.5, 0.6) is 0 Å². The first-order valence-electron chi connectivity index (χ1n) is 8.42. The fourth-order valence-corrected chi connectivity index (χ4v) is 3.34. The summed E-state index contributed by atoms with van der Waals surface area (Å²) in [5.41, 5.74) is 3.66. The number of rotatable bonds is 5. The topological polar surface area (TPSA) is 90.4 Å². The molecule has 1 aliphatic rings. The lowest BCUT2D eigenvalue weighted by Crippen LogP contribution is -2.08. The molecule has 1 N–H and O–H groups in total. The lowest BCUT2D eigenvalue weighted by molar-refractivity contribution is 0.0599. The van der Waals surface area contributed by atoms with Crippen molar-refractivity contribution in [2.75, 3.05) is 7.11 Å². The van der Waals surface area contributed by atoms with Gasteiger partial charge in [0.15, 0.2) is 0 Å². The molecule has 26 heavy (non-hydrogen) atoms. The Balaban J connectivity index is 1.76. The van der Waals surface area contributed by atoms with E-state index in [-0.39, 0.29) is 18.4 Å². The molecular formula is C19H19N3O4. The van der Waals surface area contributed by atoms with Gasteiger partial charge in [0.05, 0.1) is 37.0 Å². The lowest BCUT2D eigenvalue weighted by atomic mass is 10.1. The van der Waals surface area contributed by atoms with E-state index in [0.29, 0.717) is 5.56 Å². The van der Waals surface area contributed by atoms with Crippen LogP contribution in [-0.2, 0) is 11.3 Å². The van der Waals surface area contributed by atoms with Crippen molar-refractivity contribution in [3.05, 3.63) is 64.8 Å². The Bertz CT molecular complexity index is 959. The monoisotopic (exact) mass is 353 g/mol. The summed E-state index contributed by atoms with van der Waals surface area (Å²) in [5.74, 6) is 0.664. The first-order chi connectivity index (χ1) is 12.6. The Labute approximate surface area is 150 Å². The highest BCUT2D eigenvalue weighted by Crippen LogP contribution is 2.55. The van der Waals surface area contributed by atoms with Crippen molar-refractivity contribution in [1.29, 1.82) is 0 Å². The van der Waals surface area contributed by atoms with E-state index in [9.17, 15) is 9.90 Å².